The van der Waals surface area contributed by atoms with Gasteiger partial charge in [0.25, 0.3) is 5.91 Å². The fourth-order valence-electron chi connectivity index (χ4n) is 2.81. The normalized spacial score (nSPS) is 23.1. The predicted molar refractivity (Wildman–Crippen MR) is 77.4 cm³/mol. The molecule has 0 aromatic carbocycles. The number of rotatable bonds is 3. The Morgan fingerprint density at radius 1 is 1.37 bits per heavy atom. The van der Waals surface area contributed by atoms with E-state index in [-0.39, 0.29) is 5.91 Å². The van der Waals surface area contributed by atoms with E-state index < -0.39 is 0 Å². The molecule has 1 aliphatic carbocycles. The van der Waals surface area contributed by atoms with Crippen LogP contribution in [0.3, 0.4) is 0 Å². The summed E-state index contributed by atoms with van der Waals surface area (Å²) >= 11 is 5.74. The van der Waals surface area contributed by atoms with Crippen LogP contribution in [0, 0.1) is 5.92 Å². The molecule has 3 nitrogen and oxygen atoms in total. The molecule has 1 saturated carbocycles. The molecule has 1 heterocycles. The molecule has 2 rings (SSSR count). The molecule has 1 aromatic rings. The minimum atomic E-state index is 0.0455. The number of hydrogen-bond donors (Lipinski definition) is 0. The molecule has 1 fully saturated rings. The van der Waals surface area contributed by atoms with Gasteiger partial charge in [0, 0.05) is 19.3 Å². The van der Waals surface area contributed by atoms with Crippen LogP contribution in [0.25, 0.3) is 0 Å². The molecule has 0 radical (unpaired) electrons. The molecule has 19 heavy (non-hydrogen) atoms. The summed E-state index contributed by atoms with van der Waals surface area (Å²) in [6.07, 6.45) is 7.50. The van der Waals surface area contributed by atoms with E-state index in [1.807, 2.05) is 11.9 Å². The van der Waals surface area contributed by atoms with E-state index in [0.717, 1.165) is 18.8 Å². The molecule has 1 aliphatic rings. The molecule has 0 spiro atoms. The minimum Gasteiger partial charge on any atom is -0.339 e. The highest BCUT2D eigenvalue weighted by Crippen LogP contribution is 2.29. The lowest BCUT2D eigenvalue weighted by Crippen LogP contribution is -2.39. The topological polar surface area (TPSA) is 33.2 Å². The van der Waals surface area contributed by atoms with E-state index in [2.05, 4.69) is 11.9 Å². The fourth-order valence-corrected chi connectivity index (χ4v) is 2.92. The standard InChI is InChI=1S/C15H21ClN2O/c1-3-11-4-7-13(8-5-11)18(2)15(19)12-6-9-14(16)17-10-12/h6,9-11,13H,3-5,7-8H2,1-2H3. The van der Waals surface area contributed by atoms with Gasteiger partial charge in [-0.3, -0.25) is 4.79 Å². The monoisotopic (exact) mass is 280 g/mol. The van der Waals surface area contributed by atoms with Crippen molar-refractivity contribution in [1.29, 1.82) is 0 Å². The smallest absolute Gasteiger partial charge is 0.255 e. The number of halogens is 1. The Hall–Kier alpha value is -1.09. The first-order valence-corrected chi connectivity index (χ1v) is 7.38. The summed E-state index contributed by atoms with van der Waals surface area (Å²) in [7, 11) is 1.90. The third-order valence-electron chi connectivity index (χ3n) is 4.24. The molecule has 4 heteroatoms. The van der Waals surface area contributed by atoms with Crippen molar-refractivity contribution in [2.45, 2.75) is 45.1 Å². The Labute approximate surface area is 120 Å². The number of nitrogens with zero attached hydrogens (tertiary/aromatic N) is 2. The molecule has 0 aliphatic heterocycles. The van der Waals surface area contributed by atoms with Gasteiger partial charge in [-0.1, -0.05) is 24.9 Å². The lowest BCUT2D eigenvalue weighted by Gasteiger charge is -2.34. The lowest BCUT2D eigenvalue weighted by atomic mass is 9.84. The summed E-state index contributed by atoms with van der Waals surface area (Å²) in [4.78, 5) is 18.2. The van der Waals surface area contributed by atoms with Gasteiger partial charge < -0.3 is 4.90 Å². The van der Waals surface area contributed by atoms with Gasteiger partial charge in [-0.05, 0) is 43.7 Å². The van der Waals surface area contributed by atoms with Crippen molar-refractivity contribution in [3.05, 3.63) is 29.0 Å². The number of amides is 1. The second-order valence-electron chi connectivity index (χ2n) is 5.37. The largest absolute Gasteiger partial charge is 0.339 e. The molecule has 0 saturated heterocycles. The maximum absolute atomic E-state index is 12.3. The Balaban J connectivity index is 1.98. The summed E-state index contributed by atoms with van der Waals surface area (Å²) in [5, 5.41) is 0.419. The quantitative estimate of drug-likeness (QED) is 0.790. The number of pyridine rings is 1. The van der Waals surface area contributed by atoms with Gasteiger partial charge in [0.1, 0.15) is 5.15 Å². The van der Waals surface area contributed by atoms with Crippen molar-refractivity contribution in [2.75, 3.05) is 7.05 Å². The molecule has 104 valence electrons. The van der Waals surface area contributed by atoms with Crippen molar-refractivity contribution in [3.8, 4) is 0 Å². The van der Waals surface area contributed by atoms with Gasteiger partial charge in [0.2, 0.25) is 0 Å². The molecule has 0 atom stereocenters. The summed E-state index contributed by atoms with van der Waals surface area (Å²) in [5.74, 6) is 0.890. The zero-order valence-electron chi connectivity index (χ0n) is 11.6. The number of carbonyl (C=O) groups is 1. The Kier molecular flexibility index (Phi) is 4.81. The van der Waals surface area contributed by atoms with Crippen LogP contribution >= 0.6 is 11.6 Å². The molecule has 0 bridgehead atoms. The van der Waals surface area contributed by atoms with E-state index in [1.54, 1.807) is 18.3 Å². The first-order chi connectivity index (χ1) is 9.11. The number of carbonyl (C=O) groups excluding carboxylic acids is 1. The molecule has 0 unspecified atom stereocenters. The lowest BCUT2D eigenvalue weighted by molar-refractivity contribution is 0.0674. The first-order valence-electron chi connectivity index (χ1n) is 7.00. The zero-order chi connectivity index (χ0) is 13.8. The van der Waals surface area contributed by atoms with Crippen molar-refractivity contribution in [2.24, 2.45) is 5.92 Å². The van der Waals surface area contributed by atoms with Crippen molar-refractivity contribution >= 4 is 17.5 Å². The molecular formula is C15H21ClN2O. The highest BCUT2D eigenvalue weighted by molar-refractivity contribution is 6.29. The Bertz CT molecular complexity index is 424. The first kappa shape index (κ1) is 14.3. The van der Waals surface area contributed by atoms with Crippen LogP contribution in [0.5, 0.6) is 0 Å². The van der Waals surface area contributed by atoms with Crippen molar-refractivity contribution in [1.82, 2.24) is 9.88 Å². The van der Waals surface area contributed by atoms with Crippen molar-refractivity contribution in [3.63, 3.8) is 0 Å². The third-order valence-corrected chi connectivity index (χ3v) is 4.46. The van der Waals surface area contributed by atoms with Gasteiger partial charge in [0.05, 0.1) is 5.56 Å². The highest BCUT2D eigenvalue weighted by atomic mass is 35.5. The average molecular weight is 281 g/mol. The minimum absolute atomic E-state index is 0.0455. The highest BCUT2D eigenvalue weighted by Gasteiger charge is 2.26. The van der Waals surface area contributed by atoms with Crippen LogP contribution in [-0.2, 0) is 0 Å². The van der Waals surface area contributed by atoms with Gasteiger partial charge in [0.15, 0.2) is 0 Å². The summed E-state index contributed by atoms with van der Waals surface area (Å²) < 4.78 is 0. The van der Waals surface area contributed by atoms with Crippen LogP contribution in [0.4, 0.5) is 0 Å². The molecule has 1 amide bonds. The average Bonchev–Trinajstić information content (AvgIpc) is 2.46. The maximum Gasteiger partial charge on any atom is 0.255 e. The van der Waals surface area contributed by atoms with Crippen LogP contribution in [0.1, 0.15) is 49.4 Å². The van der Waals surface area contributed by atoms with E-state index in [4.69, 9.17) is 11.6 Å². The second-order valence-corrected chi connectivity index (χ2v) is 5.76. The molecular weight excluding hydrogens is 260 g/mol. The molecule has 0 N–H and O–H groups in total. The predicted octanol–water partition coefficient (Wildman–Crippen LogP) is 3.78. The summed E-state index contributed by atoms with van der Waals surface area (Å²) in [6, 6.07) is 3.77. The zero-order valence-corrected chi connectivity index (χ0v) is 12.4. The SMILES string of the molecule is CCC1CCC(N(C)C(=O)c2ccc(Cl)nc2)CC1. The number of hydrogen-bond acceptors (Lipinski definition) is 2. The van der Waals surface area contributed by atoms with Gasteiger partial charge >= 0.3 is 0 Å². The number of aromatic nitrogens is 1. The fraction of sp³-hybridized carbons (Fsp3) is 0.600. The van der Waals surface area contributed by atoms with E-state index >= 15 is 0 Å². The summed E-state index contributed by atoms with van der Waals surface area (Å²) in [6.45, 7) is 2.25. The van der Waals surface area contributed by atoms with E-state index in [0.29, 0.717) is 16.8 Å². The second kappa shape index (κ2) is 6.38. The van der Waals surface area contributed by atoms with Crippen LogP contribution in [0.2, 0.25) is 5.15 Å². The van der Waals surface area contributed by atoms with Crippen LogP contribution in [0.15, 0.2) is 18.3 Å². The van der Waals surface area contributed by atoms with Gasteiger partial charge in [-0.2, -0.15) is 0 Å². The van der Waals surface area contributed by atoms with Crippen molar-refractivity contribution < 1.29 is 4.79 Å². The van der Waals surface area contributed by atoms with Crippen LogP contribution in [-0.4, -0.2) is 28.9 Å². The van der Waals surface area contributed by atoms with E-state index in [1.165, 1.54) is 19.3 Å². The van der Waals surface area contributed by atoms with Gasteiger partial charge in [-0.25, -0.2) is 4.98 Å². The Morgan fingerprint density at radius 3 is 2.58 bits per heavy atom. The summed E-state index contributed by atoms with van der Waals surface area (Å²) in [5.41, 5.74) is 0.615. The Morgan fingerprint density at radius 2 is 2.05 bits per heavy atom. The molecule has 1 aromatic heterocycles. The third kappa shape index (κ3) is 3.47. The van der Waals surface area contributed by atoms with Crippen LogP contribution < -0.4 is 0 Å². The van der Waals surface area contributed by atoms with Gasteiger partial charge in [-0.15, -0.1) is 0 Å². The maximum atomic E-state index is 12.3. The van der Waals surface area contributed by atoms with E-state index in [9.17, 15) is 4.79 Å².